The third-order valence-corrected chi connectivity index (χ3v) is 3.18. The molecule has 2 rings (SSSR count). The number of hydrazine groups is 1. The fraction of sp³-hybridized carbons (Fsp3) is 0.0667. The summed E-state index contributed by atoms with van der Waals surface area (Å²) in [5.74, 6) is -1.64. The quantitative estimate of drug-likeness (QED) is 0.587. The van der Waals surface area contributed by atoms with E-state index in [0.717, 1.165) is 0 Å². The molecule has 0 heterocycles. The minimum atomic E-state index is -0.709. The van der Waals surface area contributed by atoms with Crippen molar-refractivity contribution >= 4 is 17.5 Å². The average Bonchev–Trinajstić information content (AvgIpc) is 2.52. The minimum absolute atomic E-state index is 0.0106. The van der Waals surface area contributed by atoms with Crippen LogP contribution in [-0.4, -0.2) is 21.8 Å². The van der Waals surface area contributed by atoms with Crippen molar-refractivity contribution in [1.82, 2.24) is 10.9 Å². The van der Waals surface area contributed by atoms with Gasteiger partial charge in [-0.3, -0.25) is 30.6 Å². The van der Waals surface area contributed by atoms with E-state index < -0.39 is 16.7 Å². The van der Waals surface area contributed by atoms with Crippen LogP contribution in [0.5, 0.6) is 5.75 Å². The second-order valence-electron chi connectivity index (χ2n) is 4.63. The topological polar surface area (TPSA) is 122 Å². The Morgan fingerprint density at radius 2 is 1.57 bits per heavy atom. The molecule has 0 aliphatic rings. The Balaban J connectivity index is 2.12. The molecule has 0 radical (unpaired) electrons. The molecule has 2 aromatic carbocycles. The van der Waals surface area contributed by atoms with E-state index in [1.807, 2.05) is 0 Å². The number of nitrogens with zero attached hydrogens (tertiary/aromatic N) is 1. The highest BCUT2D eigenvalue weighted by Crippen LogP contribution is 2.21. The number of benzene rings is 2. The molecule has 0 aromatic heterocycles. The lowest BCUT2D eigenvalue weighted by atomic mass is 10.1. The van der Waals surface area contributed by atoms with Crippen LogP contribution in [0.2, 0.25) is 0 Å². The zero-order chi connectivity index (χ0) is 17.0. The first-order chi connectivity index (χ1) is 10.9. The van der Waals surface area contributed by atoms with E-state index in [4.69, 9.17) is 0 Å². The fourth-order valence-corrected chi connectivity index (χ4v) is 1.98. The highest BCUT2D eigenvalue weighted by molar-refractivity contribution is 6.01. The first-order valence-corrected chi connectivity index (χ1v) is 6.54. The number of carbonyl (C=O) groups is 2. The Morgan fingerprint density at radius 3 is 2.17 bits per heavy atom. The van der Waals surface area contributed by atoms with E-state index in [2.05, 4.69) is 10.9 Å². The van der Waals surface area contributed by atoms with E-state index >= 15 is 0 Å². The second kappa shape index (κ2) is 6.56. The molecule has 0 atom stereocenters. The highest BCUT2D eigenvalue weighted by Gasteiger charge is 2.18. The van der Waals surface area contributed by atoms with Crippen molar-refractivity contribution in [1.29, 1.82) is 0 Å². The number of phenols is 1. The summed E-state index contributed by atoms with van der Waals surface area (Å²) < 4.78 is 0. The van der Waals surface area contributed by atoms with Crippen molar-refractivity contribution in [3.8, 4) is 5.75 Å². The summed E-state index contributed by atoms with van der Waals surface area (Å²) in [6.45, 7) is 1.44. The van der Waals surface area contributed by atoms with Gasteiger partial charge in [0, 0.05) is 11.6 Å². The minimum Gasteiger partial charge on any atom is -0.507 e. The Kier molecular flexibility index (Phi) is 4.55. The van der Waals surface area contributed by atoms with Crippen LogP contribution < -0.4 is 10.9 Å². The van der Waals surface area contributed by atoms with Crippen LogP contribution in [0.4, 0.5) is 5.69 Å². The summed E-state index contributed by atoms with van der Waals surface area (Å²) in [7, 11) is 0. The molecule has 2 amide bonds. The lowest BCUT2D eigenvalue weighted by Crippen LogP contribution is -2.41. The number of nitrogens with one attached hydrogen (secondary N) is 2. The zero-order valence-corrected chi connectivity index (χ0v) is 12.1. The van der Waals surface area contributed by atoms with Crippen LogP contribution in [0.15, 0.2) is 42.5 Å². The van der Waals surface area contributed by atoms with Gasteiger partial charge in [-0.15, -0.1) is 0 Å². The molecule has 0 saturated carbocycles. The van der Waals surface area contributed by atoms with Gasteiger partial charge in [0.25, 0.3) is 17.5 Å². The van der Waals surface area contributed by atoms with Gasteiger partial charge in [-0.1, -0.05) is 18.2 Å². The zero-order valence-electron chi connectivity index (χ0n) is 12.1. The summed E-state index contributed by atoms with van der Waals surface area (Å²) >= 11 is 0. The van der Waals surface area contributed by atoms with Crippen LogP contribution in [0.3, 0.4) is 0 Å². The Labute approximate surface area is 130 Å². The number of hydrogen-bond acceptors (Lipinski definition) is 5. The largest absolute Gasteiger partial charge is 0.507 e. The fourth-order valence-electron chi connectivity index (χ4n) is 1.98. The lowest BCUT2D eigenvalue weighted by molar-refractivity contribution is -0.385. The van der Waals surface area contributed by atoms with E-state index in [1.54, 1.807) is 12.1 Å². The Bertz CT molecular complexity index is 788. The molecular weight excluding hydrogens is 302 g/mol. The predicted molar refractivity (Wildman–Crippen MR) is 80.9 cm³/mol. The third kappa shape index (κ3) is 3.43. The van der Waals surface area contributed by atoms with Gasteiger partial charge in [-0.2, -0.15) is 0 Å². The summed E-state index contributed by atoms with van der Waals surface area (Å²) in [4.78, 5) is 34.2. The average molecular weight is 315 g/mol. The third-order valence-electron chi connectivity index (χ3n) is 3.18. The van der Waals surface area contributed by atoms with Crippen molar-refractivity contribution in [2.45, 2.75) is 6.92 Å². The molecule has 8 nitrogen and oxygen atoms in total. The molecule has 23 heavy (non-hydrogen) atoms. The number of hydrogen-bond donors (Lipinski definition) is 3. The molecule has 0 unspecified atom stereocenters. The predicted octanol–water partition coefficient (Wildman–Crippen LogP) is 1.68. The molecule has 0 aliphatic heterocycles. The van der Waals surface area contributed by atoms with Crippen molar-refractivity contribution in [2.75, 3.05) is 0 Å². The maximum atomic E-state index is 12.1. The van der Waals surface area contributed by atoms with Gasteiger partial charge < -0.3 is 5.11 Å². The number of aromatic hydroxyl groups is 1. The number of rotatable bonds is 3. The van der Waals surface area contributed by atoms with Gasteiger partial charge in [0.2, 0.25) is 0 Å². The van der Waals surface area contributed by atoms with Crippen LogP contribution >= 0.6 is 0 Å². The number of phenolic OH excluding ortho intramolecular Hbond substituents is 1. The number of nitro benzene ring substituents is 1. The van der Waals surface area contributed by atoms with Crippen molar-refractivity contribution < 1.29 is 19.6 Å². The smallest absolute Gasteiger partial charge is 0.273 e. The molecule has 0 saturated heterocycles. The Morgan fingerprint density at radius 1 is 1.00 bits per heavy atom. The van der Waals surface area contributed by atoms with Gasteiger partial charge in [0.05, 0.1) is 16.1 Å². The van der Waals surface area contributed by atoms with Gasteiger partial charge in [-0.05, 0) is 25.1 Å². The lowest BCUT2D eigenvalue weighted by Gasteiger charge is -2.10. The van der Waals surface area contributed by atoms with Crippen LogP contribution in [-0.2, 0) is 0 Å². The van der Waals surface area contributed by atoms with Crippen LogP contribution in [0.1, 0.15) is 26.3 Å². The summed E-state index contributed by atoms with van der Waals surface area (Å²) in [6.07, 6.45) is 0. The molecule has 2 aromatic rings. The second-order valence-corrected chi connectivity index (χ2v) is 4.63. The van der Waals surface area contributed by atoms with Gasteiger partial charge in [-0.25, -0.2) is 0 Å². The number of amides is 2. The van der Waals surface area contributed by atoms with E-state index in [9.17, 15) is 24.8 Å². The maximum Gasteiger partial charge on any atom is 0.273 e. The van der Waals surface area contributed by atoms with Crippen LogP contribution in [0, 0.1) is 17.0 Å². The monoisotopic (exact) mass is 315 g/mol. The SMILES string of the molecule is Cc1c(C(=O)NNC(=O)c2ccccc2O)cccc1[N+](=O)[O-]. The molecule has 118 valence electrons. The molecule has 0 spiro atoms. The molecule has 0 bridgehead atoms. The number of para-hydroxylation sites is 1. The summed E-state index contributed by atoms with van der Waals surface area (Å²) in [6, 6.07) is 9.90. The number of nitro groups is 1. The van der Waals surface area contributed by atoms with E-state index in [1.165, 1.54) is 37.3 Å². The standard InChI is InChI=1S/C15H13N3O5/c1-9-10(6-4-7-12(9)18(22)23)14(20)16-17-15(21)11-5-2-3-8-13(11)19/h2-8,19H,1H3,(H,16,20)(H,17,21). The molecule has 8 heteroatoms. The summed E-state index contributed by atoms with van der Waals surface area (Å²) in [5, 5.41) is 20.4. The van der Waals surface area contributed by atoms with Crippen molar-refractivity contribution in [2.24, 2.45) is 0 Å². The van der Waals surface area contributed by atoms with E-state index in [0.29, 0.717) is 0 Å². The first-order valence-electron chi connectivity index (χ1n) is 6.54. The highest BCUT2D eigenvalue weighted by atomic mass is 16.6. The molecular formula is C15H13N3O5. The molecule has 0 aliphatic carbocycles. The molecule has 3 N–H and O–H groups in total. The summed E-state index contributed by atoms with van der Waals surface area (Å²) in [5.41, 5.74) is 4.36. The van der Waals surface area contributed by atoms with Gasteiger partial charge >= 0.3 is 0 Å². The van der Waals surface area contributed by atoms with Crippen molar-refractivity contribution in [3.63, 3.8) is 0 Å². The first kappa shape index (κ1) is 16.0. The van der Waals surface area contributed by atoms with Crippen LogP contribution in [0.25, 0.3) is 0 Å². The maximum absolute atomic E-state index is 12.1. The molecule has 0 fully saturated rings. The normalized spacial score (nSPS) is 9.96. The van der Waals surface area contributed by atoms with Gasteiger partial charge in [0.1, 0.15) is 5.75 Å². The van der Waals surface area contributed by atoms with Gasteiger partial charge in [0.15, 0.2) is 0 Å². The van der Waals surface area contributed by atoms with Crippen molar-refractivity contribution in [3.05, 3.63) is 69.3 Å². The Hall–Kier alpha value is -3.42. The number of carbonyl (C=O) groups excluding carboxylic acids is 2. The van der Waals surface area contributed by atoms with E-state index in [-0.39, 0.29) is 28.1 Å².